The van der Waals surface area contributed by atoms with Crippen LogP contribution >= 0.6 is 0 Å². The quantitative estimate of drug-likeness (QED) is 0.463. The van der Waals surface area contributed by atoms with Crippen molar-refractivity contribution in [2.24, 2.45) is 0 Å². The van der Waals surface area contributed by atoms with Gasteiger partial charge in [0.15, 0.2) is 11.6 Å². The Morgan fingerprint density at radius 2 is 2.13 bits per heavy atom. The molecule has 11 heteroatoms. The summed E-state index contributed by atoms with van der Waals surface area (Å²) >= 11 is 0. The summed E-state index contributed by atoms with van der Waals surface area (Å²) in [6, 6.07) is 9.80. The number of carbonyl (C=O) groups is 1. The lowest BCUT2D eigenvalue weighted by molar-refractivity contribution is -0.119. The monoisotopic (exact) mass is 423 g/mol. The second kappa shape index (κ2) is 8.71. The van der Waals surface area contributed by atoms with Gasteiger partial charge < -0.3 is 20.3 Å². The molecule has 0 fully saturated rings. The summed E-state index contributed by atoms with van der Waals surface area (Å²) in [5, 5.41) is 11.0. The summed E-state index contributed by atoms with van der Waals surface area (Å²) in [6.45, 7) is 0.0399. The van der Waals surface area contributed by atoms with E-state index >= 15 is 0 Å². The third-order valence-corrected chi connectivity index (χ3v) is 4.36. The first kappa shape index (κ1) is 20.2. The fourth-order valence-electron chi connectivity index (χ4n) is 2.92. The number of methoxy groups -OCH3 is 1. The first-order valence-corrected chi connectivity index (χ1v) is 9.19. The van der Waals surface area contributed by atoms with Crippen molar-refractivity contribution in [2.45, 2.75) is 6.54 Å². The molecule has 3 N–H and O–H groups in total. The Kier molecular flexibility index (Phi) is 5.67. The summed E-state index contributed by atoms with van der Waals surface area (Å²) in [5.74, 6) is -0.421. The molecular weight excluding hydrogens is 405 g/mol. The van der Waals surface area contributed by atoms with Crippen LogP contribution in [0, 0.1) is 5.82 Å². The Balaban J connectivity index is 1.68. The van der Waals surface area contributed by atoms with Crippen LogP contribution < -0.4 is 11.1 Å². The number of anilines is 2. The normalized spacial score (nSPS) is 10.9. The average Bonchev–Trinajstić information content (AvgIpc) is 3.41. The molecule has 3 heterocycles. The second-order valence-corrected chi connectivity index (χ2v) is 6.52. The number of rotatable bonds is 7. The van der Waals surface area contributed by atoms with Crippen LogP contribution in [-0.2, 0) is 16.1 Å². The van der Waals surface area contributed by atoms with E-state index in [-0.39, 0.29) is 42.2 Å². The summed E-state index contributed by atoms with van der Waals surface area (Å²) in [7, 11) is 1.41. The summed E-state index contributed by atoms with van der Waals surface area (Å²) < 4.78 is 25.5. The molecule has 0 saturated heterocycles. The molecule has 0 unspecified atom stereocenters. The third-order valence-electron chi connectivity index (χ3n) is 4.36. The fourth-order valence-corrected chi connectivity index (χ4v) is 2.92. The topological polar surface area (TPSA) is 134 Å². The number of carbonyl (C=O) groups excluding carboxylic acids is 1. The number of benzene rings is 1. The van der Waals surface area contributed by atoms with Crippen LogP contribution in [0.2, 0.25) is 0 Å². The van der Waals surface area contributed by atoms with Crippen molar-refractivity contribution < 1.29 is 18.4 Å². The van der Waals surface area contributed by atoms with Gasteiger partial charge in [0.1, 0.15) is 35.8 Å². The van der Waals surface area contributed by atoms with Crippen LogP contribution in [0.15, 0.2) is 53.4 Å². The molecule has 4 rings (SSSR count). The molecule has 0 aliphatic carbocycles. The third kappa shape index (κ3) is 4.41. The Labute approximate surface area is 175 Å². The number of nitrogens with one attached hydrogen (secondary N) is 1. The Hall–Kier alpha value is -4.12. The molecule has 1 amide bonds. The van der Waals surface area contributed by atoms with E-state index in [4.69, 9.17) is 15.0 Å². The van der Waals surface area contributed by atoms with Crippen molar-refractivity contribution in [1.82, 2.24) is 24.9 Å². The first-order valence-electron chi connectivity index (χ1n) is 9.19. The number of halogens is 1. The van der Waals surface area contributed by atoms with Crippen molar-refractivity contribution in [3.05, 3.63) is 60.2 Å². The molecule has 158 valence electrons. The number of ether oxygens (including phenoxy) is 1. The lowest BCUT2D eigenvalue weighted by Gasteiger charge is -2.07. The van der Waals surface area contributed by atoms with E-state index in [0.717, 1.165) is 0 Å². The second-order valence-electron chi connectivity index (χ2n) is 6.52. The number of hydrogen-bond donors (Lipinski definition) is 2. The highest BCUT2D eigenvalue weighted by Gasteiger charge is 2.18. The zero-order valence-electron chi connectivity index (χ0n) is 16.4. The predicted molar refractivity (Wildman–Crippen MR) is 109 cm³/mol. The molecule has 0 aliphatic heterocycles. The summed E-state index contributed by atoms with van der Waals surface area (Å²) in [4.78, 5) is 20.2. The standard InChI is InChI=1S/C20H18FN7O3/c1-30-11-18(29)24-16-9-23-20(25-19(16)22)15-8-17(14-6-7-31-27-14)28(26-15)10-12-4-2-3-5-13(12)21/h2-9H,10-11H2,1H3,(H,24,29)(H2,22,23,25). The van der Waals surface area contributed by atoms with Crippen LogP contribution in [0.3, 0.4) is 0 Å². The van der Waals surface area contributed by atoms with Gasteiger partial charge in [-0.25, -0.2) is 14.4 Å². The molecule has 1 aromatic carbocycles. The van der Waals surface area contributed by atoms with E-state index in [0.29, 0.717) is 22.6 Å². The highest BCUT2D eigenvalue weighted by Crippen LogP contribution is 2.26. The van der Waals surface area contributed by atoms with Gasteiger partial charge in [0.2, 0.25) is 5.91 Å². The van der Waals surface area contributed by atoms with E-state index in [1.807, 2.05) is 0 Å². The lowest BCUT2D eigenvalue weighted by Crippen LogP contribution is -2.18. The van der Waals surface area contributed by atoms with Crippen molar-refractivity contribution in [3.63, 3.8) is 0 Å². The molecule has 0 saturated carbocycles. The smallest absolute Gasteiger partial charge is 0.250 e. The Bertz CT molecular complexity index is 1210. The van der Waals surface area contributed by atoms with Gasteiger partial charge in [-0.05, 0) is 12.1 Å². The highest BCUT2D eigenvalue weighted by molar-refractivity contribution is 5.94. The van der Waals surface area contributed by atoms with Gasteiger partial charge in [-0.1, -0.05) is 23.4 Å². The van der Waals surface area contributed by atoms with Crippen LogP contribution in [0.5, 0.6) is 0 Å². The Morgan fingerprint density at radius 3 is 2.84 bits per heavy atom. The largest absolute Gasteiger partial charge is 0.382 e. The molecule has 0 atom stereocenters. The van der Waals surface area contributed by atoms with Crippen molar-refractivity contribution in [2.75, 3.05) is 24.8 Å². The zero-order valence-corrected chi connectivity index (χ0v) is 16.4. The van der Waals surface area contributed by atoms with E-state index in [1.165, 1.54) is 25.6 Å². The van der Waals surface area contributed by atoms with Gasteiger partial charge in [-0.15, -0.1) is 0 Å². The maximum Gasteiger partial charge on any atom is 0.250 e. The number of nitrogen functional groups attached to an aromatic ring is 1. The van der Waals surface area contributed by atoms with E-state index < -0.39 is 0 Å². The predicted octanol–water partition coefficient (Wildman–Crippen LogP) is 2.35. The molecule has 3 aromatic heterocycles. The number of amides is 1. The maximum absolute atomic E-state index is 14.2. The average molecular weight is 423 g/mol. The summed E-state index contributed by atoms with van der Waals surface area (Å²) in [6.07, 6.45) is 2.82. The van der Waals surface area contributed by atoms with Crippen LogP contribution in [0.25, 0.3) is 22.9 Å². The molecule has 0 spiro atoms. The van der Waals surface area contributed by atoms with Gasteiger partial charge in [0.25, 0.3) is 0 Å². The van der Waals surface area contributed by atoms with Crippen LogP contribution in [0.4, 0.5) is 15.9 Å². The summed E-state index contributed by atoms with van der Waals surface area (Å²) in [5.41, 5.74) is 8.19. The van der Waals surface area contributed by atoms with Gasteiger partial charge >= 0.3 is 0 Å². The molecule has 0 radical (unpaired) electrons. The minimum atomic E-state index is -0.381. The van der Waals surface area contributed by atoms with Crippen molar-refractivity contribution in [3.8, 4) is 22.9 Å². The number of nitrogens with two attached hydrogens (primary N) is 1. The first-order chi connectivity index (χ1) is 15.0. The lowest BCUT2D eigenvalue weighted by atomic mass is 10.2. The number of aromatic nitrogens is 5. The Morgan fingerprint density at radius 1 is 1.29 bits per heavy atom. The number of hydrogen-bond acceptors (Lipinski definition) is 8. The fraction of sp³-hybridized carbons (Fsp3) is 0.150. The van der Waals surface area contributed by atoms with Gasteiger partial charge in [0.05, 0.1) is 18.4 Å². The van der Waals surface area contributed by atoms with Crippen molar-refractivity contribution >= 4 is 17.4 Å². The molecule has 4 aromatic rings. The maximum atomic E-state index is 14.2. The minimum absolute atomic E-state index is 0.0705. The van der Waals surface area contributed by atoms with Gasteiger partial charge in [0, 0.05) is 18.7 Å². The van der Waals surface area contributed by atoms with Crippen LogP contribution in [0.1, 0.15) is 5.56 Å². The number of nitrogens with zero attached hydrogens (tertiary/aromatic N) is 5. The highest BCUT2D eigenvalue weighted by atomic mass is 19.1. The van der Waals surface area contributed by atoms with Gasteiger partial charge in [-0.3, -0.25) is 9.48 Å². The molecule has 0 bridgehead atoms. The molecule has 0 aliphatic rings. The van der Waals surface area contributed by atoms with E-state index in [1.54, 1.807) is 35.0 Å². The van der Waals surface area contributed by atoms with Gasteiger partial charge in [-0.2, -0.15) is 5.10 Å². The van der Waals surface area contributed by atoms with Crippen LogP contribution in [-0.4, -0.2) is 44.5 Å². The minimum Gasteiger partial charge on any atom is -0.382 e. The molecule has 31 heavy (non-hydrogen) atoms. The van der Waals surface area contributed by atoms with E-state index in [2.05, 4.69) is 25.5 Å². The van der Waals surface area contributed by atoms with Crippen molar-refractivity contribution in [1.29, 1.82) is 0 Å². The SMILES string of the molecule is COCC(=O)Nc1cnc(-c2cc(-c3ccon3)n(Cc3ccccc3F)n2)nc1N. The molecular formula is C20H18FN7O3. The zero-order chi connectivity index (χ0) is 21.8. The van der Waals surface area contributed by atoms with E-state index in [9.17, 15) is 9.18 Å². The molecule has 10 nitrogen and oxygen atoms in total.